The van der Waals surface area contributed by atoms with Crippen LogP contribution < -0.4 is 0 Å². The van der Waals surface area contributed by atoms with Crippen molar-refractivity contribution in [2.75, 3.05) is 17.8 Å². The zero-order valence-electron chi connectivity index (χ0n) is 6.02. The van der Waals surface area contributed by atoms with Crippen molar-refractivity contribution < 1.29 is 13.6 Å². The van der Waals surface area contributed by atoms with Crippen LogP contribution in [0.1, 0.15) is 0 Å². The number of rotatable bonds is 1. The van der Waals surface area contributed by atoms with Gasteiger partial charge in [0.2, 0.25) is 0 Å². The Balaban J connectivity index is 2.87. The van der Waals surface area contributed by atoms with E-state index in [0.717, 1.165) is 0 Å². The van der Waals surface area contributed by atoms with E-state index in [2.05, 4.69) is 5.16 Å². The Labute approximate surface area is 69.6 Å². The van der Waals surface area contributed by atoms with Crippen molar-refractivity contribution in [2.24, 2.45) is 5.16 Å². The lowest BCUT2D eigenvalue weighted by Crippen LogP contribution is -2.13. The molecule has 0 aromatic heterocycles. The van der Waals surface area contributed by atoms with Gasteiger partial charge in [0.1, 0.15) is 0 Å². The molecule has 0 aliphatic carbocycles. The summed E-state index contributed by atoms with van der Waals surface area (Å²) in [4.78, 5) is 0. The number of sulfone groups is 1. The van der Waals surface area contributed by atoms with E-state index in [1.54, 1.807) is 6.26 Å². The molecule has 1 aliphatic heterocycles. The highest BCUT2D eigenvalue weighted by Crippen LogP contribution is 2.19. The predicted molar refractivity (Wildman–Crippen MR) is 45.2 cm³/mol. The van der Waals surface area contributed by atoms with Gasteiger partial charge in [0.25, 0.3) is 0 Å². The molecule has 1 N–H and O–H groups in total. The molecule has 4 nitrogen and oxygen atoms in total. The Hall–Kier alpha value is -0.230. The van der Waals surface area contributed by atoms with Crippen molar-refractivity contribution in [2.45, 2.75) is 5.25 Å². The van der Waals surface area contributed by atoms with Crippen molar-refractivity contribution in [3.63, 3.8) is 0 Å². The minimum atomic E-state index is -2.98. The fraction of sp³-hybridized carbons (Fsp3) is 0.800. The Kier molecular flexibility index (Phi) is 2.43. The summed E-state index contributed by atoms with van der Waals surface area (Å²) < 4.78 is 21.9. The number of hydrogen-bond donors (Lipinski definition) is 1. The minimum Gasteiger partial charge on any atom is -0.411 e. The summed E-state index contributed by atoms with van der Waals surface area (Å²) in [5.41, 5.74) is 0.373. The fourth-order valence-electron chi connectivity index (χ4n) is 1.00. The van der Waals surface area contributed by atoms with Gasteiger partial charge in [-0.3, -0.25) is 0 Å². The smallest absolute Gasteiger partial charge is 0.157 e. The first kappa shape index (κ1) is 8.86. The monoisotopic (exact) mass is 195 g/mol. The molecule has 0 saturated carbocycles. The maximum atomic E-state index is 11.0. The summed E-state index contributed by atoms with van der Waals surface area (Å²) in [5, 5.41) is 11.2. The largest absolute Gasteiger partial charge is 0.411 e. The maximum absolute atomic E-state index is 11.0. The van der Waals surface area contributed by atoms with Crippen molar-refractivity contribution in [3.05, 3.63) is 0 Å². The first-order valence-corrected chi connectivity index (χ1v) is 6.14. The van der Waals surface area contributed by atoms with Crippen LogP contribution in [0.3, 0.4) is 0 Å². The zero-order chi connectivity index (χ0) is 8.48. The normalized spacial score (nSPS) is 32.8. The highest BCUT2D eigenvalue weighted by Gasteiger charge is 2.33. The van der Waals surface area contributed by atoms with Gasteiger partial charge >= 0.3 is 0 Å². The highest BCUT2D eigenvalue weighted by molar-refractivity contribution is 8.02. The second kappa shape index (κ2) is 3.02. The lowest BCUT2D eigenvalue weighted by molar-refractivity contribution is 0.318. The Morgan fingerprint density at radius 1 is 1.73 bits per heavy atom. The van der Waals surface area contributed by atoms with E-state index in [4.69, 9.17) is 5.21 Å². The van der Waals surface area contributed by atoms with Crippen LogP contribution in [0.15, 0.2) is 5.16 Å². The Bertz CT molecular complexity index is 269. The maximum Gasteiger partial charge on any atom is 0.157 e. The molecular weight excluding hydrogens is 186 g/mol. The van der Waals surface area contributed by atoms with Gasteiger partial charge in [-0.15, -0.1) is 0 Å². The number of thioether (sulfide) groups is 1. The van der Waals surface area contributed by atoms with Crippen LogP contribution in [0.25, 0.3) is 0 Å². The molecule has 1 rings (SSSR count). The lowest BCUT2D eigenvalue weighted by Gasteiger charge is -2.00. The van der Waals surface area contributed by atoms with Gasteiger partial charge in [0.15, 0.2) is 9.84 Å². The van der Waals surface area contributed by atoms with Gasteiger partial charge < -0.3 is 5.21 Å². The first-order chi connectivity index (χ1) is 5.09. The minimum absolute atomic E-state index is 0.0883. The summed E-state index contributed by atoms with van der Waals surface area (Å²) in [5.74, 6) is 0.0164. The number of hydrogen-bond acceptors (Lipinski definition) is 5. The molecule has 0 amide bonds. The van der Waals surface area contributed by atoms with Crippen LogP contribution in [0, 0.1) is 0 Å². The van der Waals surface area contributed by atoms with E-state index in [1.807, 2.05) is 0 Å². The van der Waals surface area contributed by atoms with Crippen LogP contribution >= 0.6 is 11.8 Å². The van der Waals surface area contributed by atoms with Gasteiger partial charge in [-0.2, -0.15) is 11.8 Å². The van der Waals surface area contributed by atoms with E-state index in [0.29, 0.717) is 5.71 Å². The third-order valence-corrected chi connectivity index (χ3v) is 4.35. The van der Waals surface area contributed by atoms with Crippen molar-refractivity contribution in [1.82, 2.24) is 0 Å². The first-order valence-electron chi connectivity index (χ1n) is 3.03. The van der Waals surface area contributed by atoms with Gasteiger partial charge in [-0.1, -0.05) is 5.16 Å². The van der Waals surface area contributed by atoms with E-state index < -0.39 is 9.84 Å². The molecule has 6 heteroatoms. The zero-order valence-corrected chi connectivity index (χ0v) is 7.65. The summed E-state index contributed by atoms with van der Waals surface area (Å²) in [6, 6.07) is 0. The molecule has 64 valence electrons. The molecule has 0 aromatic carbocycles. The Morgan fingerprint density at radius 2 is 2.36 bits per heavy atom. The molecular formula is C5H9NO3S2. The lowest BCUT2D eigenvalue weighted by atomic mass is 10.3. The van der Waals surface area contributed by atoms with E-state index in [1.165, 1.54) is 11.8 Å². The summed E-state index contributed by atoms with van der Waals surface area (Å²) in [7, 11) is -2.98. The molecule has 1 atom stereocenters. The molecule has 0 bridgehead atoms. The van der Waals surface area contributed by atoms with Crippen molar-refractivity contribution in [3.8, 4) is 0 Å². The van der Waals surface area contributed by atoms with Crippen LogP contribution in [0.5, 0.6) is 0 Å². The SMILES string of the molecule is CSC1CS(=O)(=O)CC1=NO. The molecule has 11 heavy (non-hydrogen) atoms. The molecule has 0 radical (unpaired) electrons. The molecule has 1 unspecified atom stereocenters. The second-order valence-electron chi connectivity index (χ2n) is 2.37. The molecule has 1 heterocycles. The molecule has 0 aromatic rings. The molecule has 1 aliphatic rings. The fourth-order valence-corrected chi connectivity index (χ4v) is 4.16. The predicted octanol–water partition coefficient (Wildman–Crippen LogP) is -0.0234. The number of nitrogens with zero attached hydrogens (tertiary/aromatic N) is 1. The van der Waals surface area contributed by atoms with Crippen LogP contribution in [-0.4, -0.2) is 42.3 Å². The average Bonchev–Trinajstić information content (AvgIpc) is 2.25. The third-order valence-electron chi connectivity index (χ3n) is 1.56. The highest BCUT2D eigenvalue weighted by atomic mass is 32.2. The number of oxime groups is 1. The van der Waals surface area contributed by atoms with Crippen molar-refractivity contribution >= 4 is 27.3 Å². The standard InChI is InChI=1S/C5H9NO3S2/c1-10-5-3-11(8,9)2-4(5)6-7/h5,7H,2-3H2,1H3. The quantitative estimate of drug-likeness (QED) is 0.471. The second-order valence-corrected chi connectivity index (χ2v) is 5.52. The summed E-state index contributed by atoms with van der Waals surface area (Å²) >= 11 is 1.40. The van der Waals surface area contributed by atoms with E-state index in [9.17, 15) is 8.42 Å². The van der Waals surface area contributed by atoms with Crippen LogP contribution in [0.2, 0.25) is 0 Å². The molecule has 0 spiro atoms. The third kappa shape index (κ3) is 1.87. The van der Waals surface area contributed by atoms with Crippen LogP contribution in [0.4, 0.5) is 0 Å². The Morgan fingerprint density at radius 3 is 2.73 bits per heavy atom. The van der Waals surface area contributed by atoms with Gasteiger partial charge in [0.05, 0.1) is 22.5 Å². The summed E-state index contributed by atoms with van der Waals surface area (Å²) in [6.07, 6.45) is 1.80. The van der Waals surface area contributed by atoms with E-state index in [-0.39, 0.29) is 16.8 Å². The molecule has 1 fully saturated rings. The van der Waals surface area contributed by atoms with Gasteiger partial charge in [-0.05, 0) is 6.26 Å². The van der Waals surface area contributed by atoms with Crippen molar-refractivity contribution in [1.29, 1.82) is 0 Å². The van der Waals surface area contributed by atoms with Crippen LogP contribution in [-0.2, 0) is 9.84 Å². The van der Waals surface area contributed by atoms with E-state index >= 15 is 0 Å². The molecule has 1 saturated heterocycles. The van der Waals surface area contributed by atoms with Gasteiger partial charge in [0, 0.05) is 0 Å². The van der Waals surface area contributed by atoms with Gasteiger partial charge in [-0.25, -0.2) is 8.42 Å². The average molecular weight is 195 g/mol. The summed E-state index contributed by atoms with van der Waals surface area (Å²) in [6.45, 7) is 0. The topological polar surface area (TPSA) is 66.7 Å².